The zero-order chi connectivity index (χ0) is 29.4. The molecule has 0 bridgehead atoms. The minimum absolute atomic E-state index is 0.223. The molecule has 13 nitrogen and oxygen atoms in total. The molecule has 1 heterocycles. The van der Waals surface area contributed by atoms with Crippen LogP contribution in [0.5, 0.6) is 11.5 Å². The number of amides is 3. The van der Waals surface area contributed by atoms with Crippen LogP contribution in [0, 0.1) is 0 Å². The molecule has 5 N–H and O–H groups in total. The molecule has 0 aliphatic heterocycles. The lowest BCUT2D eigenvalue weighted by molar-refractivity contribution is -0.135. The third-order valence-electron chi connectivity index (χ3n) is 5.32. The van der Waals surface area contributed by atoms with Gasteiger partial charge in [0.05, 0.1) is 28.2 Å². The highest BCUT2D eigenvalue weighted by atomic mass is 35.5. The van der Waals surface area contributed by atoms with E-state index >= 15 is 0 Å². The fraction of sp³-hybridized carbons (Fsp3) is 0.160. The summed E-state index contributed by atoms with van der Waals surface area (Å²) >= 11 is 6.07. The average Bonchev–Trinajstić information content (AvgIpc) is 2.91. The Hall–Kier alpha value is -4.69. The van der Waals surface area contributed by atoms with Gasteiger partial charge < -0.3 is 25.6 Å². The largest absolute Gasteiger partial charge is 0.505 e. The molecule has 0 spiro atoms. The van der Waals surface area contributed by atoms with E-state index in [1.165, 1.54) is 37.4 Å². The van der Waals surface area contributed by atoms with E-state index in [2.05, 4.69) is 10.3 Å². The average molecular weight is 591 g/mol. The first-order valence-corrected chi connectivity index (χ1v) is 13.2. The van der Waals surface area contributed by atoms with Crippen molar-refractivity contribution in [2.24, 2.45) is 0 Å². The summed E-state index contributed by atoms with van der Waals surface area (Å²) in [7, 11) is -2.85. The second-order valence-corrected chi connectivity index (χ2v) is 10.2. The van der Waals surface area contributed by atoms with E-state index in [0.29, 0.717) is 17.7 Å². The summed E-state index contributed by atoms with van der Waals surface area (Å²) in [6.45, 7) is -0.484. The molecule has 0 radical (unpaired) electrons. The van der Waals surface area contributed by atoms with Gasteiger partial charge in [0.1, 0.15) is 18.0 Å². The van der Waals surface area contributed by atoms with Crippen molar-refractivity contribution in [1.29, 1.82) is 0 Å². The van der Waals surface area contributed by atoms with Crippen LogP contribution in [0.1, 0.15) is 36.8 Å². The van der Waals surface area contributed by atoms with Crippen molar-refractivity contribution in [3.8, 4) is 11.5 Å². The van der Waals surface area contributed by atoms with E-state index in [1.807, 2.05) is 10.0 Å². The number of nitrogens with one attached hydrogen (secondary N) is 3. The minimum Gasteiger partial charge on any atom is -0.505 e. The molecule has 0 unspecified atom stereocenters. The van der Waals surface area contributed by atoms with Crippen molar-refractivity contribution in [2.75, 3.05) is 20.2 Å². The van der Waals surface area contributed by atoms with Crippen molar-refractivity contribution in [1.82, 2.24) is 20.3 Å². The van der Waals surface area contributed by atoms with Crippen molar-refractivity contribution < 1.29 is 42.5 Å². The Morgan fingerprint density at radius 3 is 2.30 bits per heavy atom. The number of nitrogens with zero attached hydrogens (tertiary/aromatic N) is 1. The molecule has 0 aliphatic rings. The van der Waals surface area contributed by atoms with Gasteiger partial charge in [0.15, 0.2) is 5.69 Å². The predicted octanol–water partition coefficient (Wildman–Crippen LogP) is 1.35. The third kappa shape index (κ3) is 7.68. The Bertz CT molecular complexity index is 1560. The second kappa shape index (κ2) is 12.9. The number of pyridine rings is 1. The summed E-state index contributed by atoms with van der Waals surface area (Å²) in [6, 6.07) is 11.1. The number of carbonyl (C=O) groups is 4. The number of hydrogen-bond donors (Lipinski definition) is 5. The molecule has 3 amide bonds. The number of aromatic hydroxyl groups is 1. The molecule has 3 aromatic rings. The molecule has 40 heavy (non-hydrogen) atoms. The molecule has 0 saturated carbocycles. The highest BCUT2D eigenvalue weighted by Gasteiger charge is 2.22. The summed E-state index contributed by atoms with van der Waals surface area (Å²) < 4.78 is 32.3. The number of hydrogen-bond acceptors (Lipinski definition) is 9. The van der Waals surface area contributed by atoms with Gasteiger partial charge in [0, 0.05) is 12.7 Å². The standard InChI is InChI=1S/C25H23ClN4O9S/c1-39-16-4-7-19(26)18(11-16)24(35)27-9-8-14-2-5-17(6-3-14)40(37,38)30-23(34)15-10-20(31)22(28-12-15)25(36)29-13-21(32)33/h2-7,10-12,31H,8-9,13H2,1H3,(H,27,35)(H,29,36)(H,30,34)(H,32,33). The molecule has 15 heteroatoms. The number of halogens is 1. The number of aliphatic carboxylic acids is 1. The quantitative estimate of drug-likeness (QED) is 0.217. The predicted molar refractivity (Wildman–Crippen MR) is 141 cm³/mol. The molecule has 1 aromatic heterocycles. The van der Waals surface area contributed by atoms with E-state index < -0.39 is 51.7 Å². The first-order valence-electron chi connectivity index (χ1n) is 11.4. The minimum atomic E-state index is -4.31. The van der Waals surface area contributed by atoms with Gasteiger partial charge in [-0.1, -0.05) is 23.7 Å². The van der Waals surface area contributed by atoms with Crippen LogP contribution in [0.4, 0.5) is 0 Å². The van der Waals surface area contributed by atoms with Crippen molar-refractivity contribution >= 4 is 45.3 Å². The molecule has 210 valence electrons. The van der Waals surface area contributed by atoms with Crippen molar-refractivity contribution in [3.05, 3.63) is 82.1 Å². The number of carbonyl (C=O) groups excluding carboxylic acids is 3. The van der Waals surface area contributed by atoms with Gasteiger partial charge in [-0.3, -0.25) is 19.2 Å². The maximum absolute atomic E-state index is 12.7. The fourth-order valence-corrected chi connectivity index (χ4v) is 4.47. The first-order chi connectivity index (χ1) is 18.9. The van der Waals surface area contributed by atoms with Gasteiger partial charge in [-0.2, -0.15) is 0 Å². The smallest absolute Gasteiger partial charge is 0.322 e. The van der Waals surface area contributed by atoms with Crippen molar-refractivity contribution in [2.45, 2.75) is 11.3 Å². The number of sulfonamides is 1. The lowest BCUT2D eigenvalue weighted by Gasteiger charge is -2.10. The highest BCUT2D eigenvalue weighted by molar-refractivity contribution is 7.90. The number of ether oxygens (including phenoxy) is 1. The molecule has 0 saturated heterocycles. The monoisotopic (exact) mass is 590 g/mol. The van der Waals surface area contributed by atoms with Crippen LogP contribution < -0.4 is 20.1 Å². The number of benzene rings is 2. The maximum atomic E-state index is 12.7. The number of methoxy groups -OCH3 is 1. The Morgan fingerprint density at radius 2 is 1.68 bits per heavy atom. The zero-order valence-corrected chi connectivity index (χ0v) is 22.4. The zero-order valence-electron chi connectivity index (χ0n) is 20.8. The van der Waals surface area contributed by atoms with Crippen LogP contribution in [0.2, 0.25) is 5.02 Å². The van der Waals surface area contributed by atoms with Crippen molar-refractivity contribution in [3.63, 3.8) is 0 Å². The highest BCUT2D eigenvalue weighted by Crippen LogP contribution is 2.22. The molecule has 0 aliphatic carbocycles. The van der Waals surface area contributed by atoms with Crippen LogP contribution in [-0.4, -0.2) is 67.5 Å². The van der Waals surface area contributed by atoms with Crippen LogP contribution in [-0.2, 0) is 21.2 Å². The lowest BCUT2D eigenvalue weighted by atomic mass is 10.1. The van der Waals surface area contributed by atoms with E-state index in [9.17, 15) is 32.7 Å². The van der Waals surface area contributed by atoms with E-state index in [0.717, 1.165) is 12.3 Å². The topological polar surface area (TPSA) is 201 Å². The molecule has 0 fully saturated rings. The summed E-state index contributed by atoms with van der Waals surface area (Å²) in [5.41, 5.74) is 0.0457. The SMILES string of the molecule is COc1ccc(Cl)c(C(=O)NCCc2ccc(S(=O)(=O)NC(=O)c3cnc(C(=O)NCC(=O)O)c(O)c3)cc2)c1. The van der Waals surface area contributed by atoms with Gasteiger partial charge in [-0.15, -0.1) is 0 Å². The number of carboxylic acids is 1. The van der Waals surface area contributed by atoms with E-state index in [-0.39, 0.29) is 27.6 Å². The Balaban J connectivity index is 1.59. The Kier molecular flexibility index (Phi) is 9.63. The fourth-order valence-electron chi connectivity index (χ4n) is 3.29. The summed E-state index contributed by atoms with van der Waals surface area (Å²) in [4.78, 5) is 50.7. The number of aromatic nitrogens is 1. The Labute approximate surface area is 233 Å². The Morgan fingerprint density at radius 1 is 0.975 bits per heavy atom. The molecule has 3 rings (SSSR count). The summed E-state index contributed by atoms with van der Waals surface area (Å²) in [5, 5.41) is 23.6. The molecule has 2 aromatic carbocycles. The molecular formula is C25H23ClN4O9S. The van der Waals surface area contributed by atoms with E-state index in [4.69, 9.17) is 21.4 Å². The van der Waals surface area contributed by atoms with Crippen LogP contribution in [0.3, 0.4) is 0 Å². The van der Waals surface area contributed by atoms with E-state index in [1.54, 1.807) is 12.1 Å². The number of rotatable bonds is 11. The molecular weight excluding hydrogens is 568 g/mol. The third-order valence-corrected chi connectivity index (χ3v) is 7.00. The van der Waals surface area contributed by atoms with Gasteiger partial charge >= 0.3 is 5.97 Å². The van der Waals surface area contributed by atoms with Gasteiger partial charge in [-0.05, 0) is 48.4 Å². The summed E-state index contributed by atoms with van der Waals surface area (Å²) in [6.07, 6.45) is 1.23. The first kappa shape index (κ1) is 29.9. The van der Waals surface area contributed by atoms with Gasteiger partial charge in [0.2, 0.25) is 0 Å². The molecule has 0 atom stereocenters. The normalized spacial score (nSPS) is 10.8. The number of carboxylic acid groups (broad SMARTS) is 1. The van der Waals surface area contributed by atoms with Gasteiger partial charge in [0.25, 0.3) is 27.7 Å². The summed E-state index contributed by atoms with van der Waals surface area (Å²) in [5.74, 6) is -4.11. The second-order valence-electron chi connectivity index (χ2n) is 8.10. The van der Waals surface area contributed by atoms with Crippen LogP contribution >= 0.6 is 11.6 Å². The van der Waals surface area contributed by atoms with Crippen LogP contribution in [0.25, 0.3) is 0 Å². The lowest BCUT2D eigenvalue weighted by Crippen LogP contribution is -2.31. The maximum Gasteiger partial charge on any atom is 0.322 e. The van der Waals surface area contributed by atoms with Gasteiger partial charge in [-0.25, -0.2) is 18.1 Å². The van der Waals surface area contributed by atoms with Crippen LogP contribution in [0.15, 0.2) is 59.6 Å².